The number of aryl methyl sites for hydroxylation is 3. The molecule has 4 heteroatoms. The Bertz CT molecular complexity index is 528. The van der Waals surface area contributed by atoms with Gasteiger partial charge in [-0.05, 0) is 32.4 Å². The zero-order valence-electron chi connectivity index (χ0n) is 10.8. The van der Waals surface area contributed by atoms with E-state index in [9.17, 15) is 0 Å². The standard InChI is InChI=1S/C13H18N4/c1-9-7-14-6-5-13(9)15-8-12-10(2)16-17(4)11(12)3/h5-7H,8H2,1-4H3,(H,14,15). The first kappa shape index (κ1) is 11.6. The number of nitrogens with one attached hydrogen (secondary N) is 1. The van der Waals surface area contributed by atoms with E-state index < -0.39 is 0 Å². The highest BCUT2D eigenvalue weighted by molar-refractivity contribution is 5.49. The van der Waals surface area contributed by atoms with Crippen molar-refractivity contribution in [3.8, 4) is 0 Å². The first-order chi connectivity index (χ1) is 8.09. The fourth-order valence-corrected chi connectivity index (χ4v) is 1.93. The van der Waals surface area contributed by atoms with Crippen LogP contribution in [-0.2, 0) is 13.6 Å². The van der Waals surface area contributed by atoms with Gasteiger partial charge in [0.15, 0.2) is 0 Å². The Kier molecular flexibility index (Phi) is 3.13. The summed E-state index contributed by atoms with van der Waals surface area (Å²) in [7, 11) is 1.98. The van der Waals surface area contributed by atoms with Crippen LogP contribution >= 0.6 is 0 Å². The number of anilines is 1. The molecule has 17 heavy (non-hydrogen) atoms. The molecule has 2 heterocycles. The highest BCUT2D eigenvalue weighted by Gasteiger charge is 2.08. The fourth-order valence-electron chi connectivity index (χ4n) is 1.93. The van der Waals surface area contributed by atoms with E-state index in [-0.39, 0.29) is 0 Å². The Labute approximate surface area is 102 Å². The SMILES string of the molecule is Cc1cnccc1NCc1c(C)nn(C)c1C. The minimum atomic E-state index is 0.802. The monoisotopic (exact) mass is 230 g/mol. The molecule has 0 radical (unpaired) electrons. The van der Waals surface area contributed by atoms with E-state index >= 15 is 0 Å². The summed E-state index contributed by atoms with van der Waals surface area (Å²) in [6, 6.07) is 2.00. The van der Waals surface area contributed by atoms with Crippen LogP contribution in [0.1, 0.15) is 22.5 Å². The average molecular weight is 230 g/mol. The highest BCUT2D eigenvalue weighted by atomic mass is 15.3. The van der Waals surface area contributed by atoms with E-state index in [2.05, 4.69) is 29.2 Å². The third-order valence-electron chi connectivity index (χ3n) is 3.13. The minimum Gasteiger partial charge on any atom is -0.381 e. The molecular weight excluding hydrogens is 212 g/mol. The van der Waals surface area contributed by atoms with Gasteiger partial charge in [0, 0.05) is 42.9 Å². The lowest BCUT2D eigenvalue weighted by Gasteiger charge is -2.09. The van der Waals surface area contributed by atoms with Gasteiger partial charge in [0.25, 0.3) is 0 Å². The average Bonchev–Trinajstić information content (AvgIpc) is 2.53. The van der Waals surface area contributed by atoms with Gasteiger partial charge in [-0.2, -0.15) is 5.10 Å². The lowest BCUT2D eigenvalue weighted by Crippen LogP contribution is -2.03. The van der Waals surface area contributed by atoms with Crippen LogP contribution in [0.5, 0.6) is 0 Å². The first-order valence-corrected chi connectivity index (χ1v) is 5.73. The second-order valence-corrected chi connectivity index (χ2v) is 4.32. The highest BCUT2D eigenvalue weighted by Crippen LogP contribution is 2.16. The predicted molar refractivity (Wildman–Crippen MR) is 69.0 cm³/mol. The lowest BCUT2D eigenvalue weighted by molar-refractivity contribution is 0.730. The van der Waals surface area contributed by atoms with Gasteiger partial charge >= 0.3 is 0 Å². The van der Waals surface area contributed by atoms with E-state index in [0.29, 0.717) is 0 Å². The van der Waals surface area contributed by atoms with Crippen molar-refractivity contribution in [3.05, 3.63) is 41.0 Å². The molecule has 0 atom stereocenters. The summed E-state index contributed by atoms with van der Waals surface area (Å²) < 4.78 is 1.92. The van der Waals surface area contributed by atoms with Gasteiger partial charge in [-0.1, -0.05) is 0 Å². The maximum absolute atomic E-state index is 4.41. The van der Waals surface area contributed by atoms with E-state index in [1.54, 1.807) is 6.20 Å². The van der Waals surface area contributed by atoms with Crippen LogP contribution in [-0.4, -0.2) is 14.8 Å². The Hall–Kier alpha value is -1.84. The summed E-state index contributed by atoms with van der Waals surface area (Å²) in [5.74, 6) is 0. The number of pyridine rings is 1. The molecule has 0 spiro atoms. The van der Waals surface area contributed by atoms with Crippen LogP contribution in [0, 0.1) is 20.8 Å². The third-order valence-corrected chi connectivity index (χ3v) is 3.13. The second kappa shape index (κ2) is 4.57. The van der Waals surface area contributed by atoms with Crippen LogP contribution in [0.2, 0.25) is 0 Å². The molecule has 0 aliphatic carbocycles. The van der Waals surface area contributed by atoms with Gasteiger partial charge in [-0.3, -0.25) is 9.67 Å². The van der Waals surface area contributed by atoms with Crippen LogP contribution in [0.25, 0.3) is 0 Å². The maximum Gasteiger partial charge on any atom is 0.0646 e. The zero-order chi connectivity index (χ0) is 12.4. The fraction of sp³-hybridized carbons (Fsp3) is 0.385. The lowest BCUT2D eigenvalue weighted by atomic mass is 10.2. The van der Waals surface area contributed by atoms with E-state index in [0.717, 1.165) is 23.5 Å². The molecule has 4 nitrogen and oxygen atoms in total. The second-order valence-electron chi connectivity index (χ2n) is 4.32. The quantitative estimate of drug-likeness (QED) is 0.880. The molecule has 2 aromatic rings. The Morgan fingerprint density at radius 2 is 2.06 bits per heavy atom. The number of aromatic nitrogens is 3. The van der Waals surface area contributed by atoms with Crippen molar-refractivity contribution in [2.75, 3.05) is 5.32 Å². The van der Waals surface area contributed by atoms with Gasteiger partial charge in [0.2, 0.25) is 0 Å². The number of rotatable bonds is 3. The van der Waals surface area contributed by atoms with E-state index in [1.165, 1.54) is 11.3 Å². The van der Waals surface area contributed by atoms with Gasteiger partial charge in [-0.25, -0.2) is 0 Å². The van der Waals surface area contributed by atoms with Gasteiger partial charge < -0.3 is 5.32 Å². The summed E-state index contributed by atoms with van der Waals surface area (Å²) in [6.07, 6.45) is 3.67. The largest absolute Gasteiger partial charge is 0.381 e. The van der Waals surface area contributed by atoms with Crippen LogP contribution < -0.4 is 5.32 Å². The summed E-state index contributed by atoms with van der Waals surface area (Å²) in [5, 5.41) is 7.84. The Morgan fingerprint density at radius 1 is 1.29 bits per heavy atom. The molecule has 0 saturated carbocycles. The van der Waals surface area contributed by atoms with Crippen molar-refractivity contribution in [1.29, 1.82) is 0 Å². The van der Waals surface area contributed by atoms with Gasteiger partial charge in [0.05, 0.1) is 5.69 Å². The Morgan fingerprint density at radius 3 is 2.65 bits per heavy atom. The van der Waals surface area contributed by atoms with Crippen molar-refractivity contribution >= 4 is 5.69 Å². The van der Waals surface area contributed by atoms with Crippen molar-refractivity contribution < 1.29 is 0 Å². The van der Waals surface area contributed by atoms with Crippen LogP contribution in [0.3, 0.4) is 0 Å². The van der Waals surface area contributed by atoms with E-state index in [4.69, 9.17) is 0 Å². The van der Waals surface area contributed by atoms with E-state index in [1.807, 2.05) is 30.9 Å². The summed E-state index contributed by atoms with van der Waals surface area (Å²) in [4.78, 5) is 4.08. The van der Waals surface area contributed by atoms with Crippen molar-refractivity contribution in [2.24, 2.45) is 7.05 Å². The molecule has 2 rings (SSSR count). The molecule has 0 aliphatic rings. The normalized spacial score (nSPS) is 10.6. The topological polar surface area (TPSA) is 42.7 Å². The summed E-state index contributed by atoms with van der Waals surface area (Å²) in [6.45, 7) is 6.99. The number of hydrogen-bond donors (Lipinski definition) is 1. The smallest absolute Gasteiger partial charge is 0.0646 e. The number of hydrogen-bond acceptors (Lipinski definition) is 3. The maximum atomic E-state index is 4.41. The third kappa shape index (κ3) is 2.30. The molecule has 1 N–H and O–H groups in total. The van der Waals surface area contributed by atoms with Crippen molar-refractivity contribution in [3.63, 3.8) is 0 Å². The van der Waals surface area contributed by atoms with Crippen LogP contribution in [0.4, 0.5) is 5.69 Å². The zero-order valence-corrected chi connectivity index (χ0v) is 10.8. The molecule has 0 saturated heterocycles. The van der Waals surface area contributed by atoms with Gasteiger partial charge in [0.1, 0.15) is 0 Å². The molecule has 0 aromatic carbocycles. The summed E-state index contributed by atoms with van der Waals surface area (Å²) >= 11 is 0. The molecule has 0 bridgehead atoms. The molecular formula is C13H18N4. The van der Waals surface area contributed by atoms with Crippen molar-refractivity contribution in [1.82, 2.24) is 14.8 Å². The van der Waals surface area contributed by atoms with Crippen molar-refractivity contribution in [2.45, 2.75) is 27.3 Å². The Balaban J connectivity index is 2.15. The molecule has 0 aliphatic heterocycles. The first-order valence-electron chi connectivity index (χ1n) is 5.73. The summed E-state index contributed by atoms with van der Waals surface area (Å²) in [5.41, 5.74) is 5.85. The molecule has 2 aromatic heterocycles. The predicted octanol–water partition coefficient (Wildman–Crippen LogP) is 2.35. The molecule has 90 valence electrons. The van der Waals surface area contributed by atoms with Gasteiger partial charge in [-0.15, -0.1) is 0 Å². The molecule has 0 unspecified atom stereocenters. The minimum absolute atomic E-state index is 0.802. The molecule has 0 fully saturated rings. The van der Waals surface area contributed by atoms with Crippen LogP contribution in [0.15, 0.2) is 18.5 Å². The molecule has 0 amide bonds. The number of nitrogens with zero attached hydrogens (tertiary/aromatic N) is 3.